The van der Waals surface area contributed by atoms with Crippen LogP contribution in [0.25, 0.3) is 5.65 Å². The molecule has 0 saturated carbocycles. The molecule has 0 spiro atoms. The minimum Gasteiger partial charge on any atom is -0.369 e. The fourth-order valence-electron chi connectivity index (χ4n) is 2.56. The summed E-state index contributed by atoms with van der Waals surface area (Å²) < 4.78 is 7.66. The molecule has 0 radical (unpaired) electrons. The summed E-state index contributed by atoms with van der Waals surface area (Å²) in [5, 5.41) is 14.8. The number of hydrogen-bond acceptors (Lipinski definition) is 6. The Labute approximate surface area is 126 Å². The van der Waals surface area contributed by atoms with E-state index in [1.54, 1.807) is 15.9 Å². The largest absolute Gasteiger partial charge is 0.369 e. The lowest BCUT2D eigenvalue weighted by molar-refractivity contribution is 0.0418. The van der Waals surface area contributed by atoms with E-state index in [1.165, 1.54) is 4.88 Å². The molecule has 7 heteroatoms. The van der Waals surface area contributed by atoms with Crippen molar-refractivity contribution in [3.05, 3.63) is 40.3 Å². The number of aromatic nitrogens is 4. The zero-order chi connectivity index (χ0) is 14.2. The normalized spacial score (nSPS) is 19.3. The molecule has 0 aliphatic carbocycles. The Balaban J connectivity index is 1.63. The lowest BCUT2D eigenvalue weighted by atomic mass is 10.2. The van der Waals surface area contributed by atoms with Gasteiger partial charge in [-0.2, -0.15) is 4.52 Å². The Morgan fingerprint density at radius 3 is 3.10 bits per heavy atom. The van der Waals surface area contributed by atoms with E-state index in [9.17, 15) is 0 Å². The van der Waals surface area contributed by atoms with Crippen LogP contribution in [-0.4, -0.2) is 39.5 Å². The molecule has 6 nitrogen and oxygen atoms in total. The summed E-state index contributed by atoms with van der Waals surface area (Å²) in [6.07, 6.45) is 0.123. The second-order valence-electron chi connectivity index (χ2n) is 5.03. The van der Waals surface area contributed by atoms with Gasteiger partial charge in [0.05, 0.1) is 13.2 Å². The summed E-state index contributed by atoms with van der Waals surface area (Å²) in [6.45, 7) is 4.29. The number of anilines is 1. The molecule has 0 aromatic carbocycles. The van der Waals surface area contributed by atoms with Crippen molar-refractivity contribution in [3.8, 4) is 0 Å². The van der Waals surface area contributed by atoms with Crippen LogP contribution in [0.4, 0.5) is 5.82 Å². The number of nitrogens with zero attached hydrogens (tertiary/aromatic N) is 5. The van der Waals surface area contributed by atoms with Gasteiger partial charge in [-0.25, -0.2) is 0 Å². The molecule has 1 aliphatic heterocycles. The number of fused-ring (bicyclic) bond motifs is 1. The molecule has 1 fully saturated rings. The molecule has 1 unspecified atom stereocenters. The molecule has 108 valence electrons. The third-order valence-electron chi connectivity index (χ3n) is 3.66. The Kier molecular flexibility index (Phi) is 3.08. The number of ether oxygens (including phenoxy) is 1. The minimum atomic E-state index is 0.123. The van der Waals surface area contributed by atoms with E-state index in [0.717, 1.165) is 30.4 Å². The van der Waals surface area contributed by atoms with Gasteiger partial charge in [-0.05, 0) is 30.5 Å². The Hall–Kier alpha value is -1.99. The van der Waals surface area contributed by atoms with Crippen LogP contribution in [0, 0.1) is 6.92 Å². The zero-order valence-corrected chi connectivity index (χ0v) is 12.5. The van der Waals surface area contributed by atoms with E-state index in [-0.39, 0.29) is 6.10 Å². The number of morpholine rings is 1. The maximum atomic E-state index is 5.88. The van der Waals surface area contributed by atoms with Crippen LogP contribution in [0.5, 0.6) is 0 Å². The maximum absolute atomic E-state index is 5.88. The first-order valence-electron chi connectivity index (χ1n) is 6.90. The molecule has 21 heavy (non-hydrogen) atoms. The van der Waals surface area contributed by atoms with E-state index >= 15 is 0 Å². The van der Waals surface area contributed by atoms with Crippen molar-refractivity contribution >= 4 is 22.8 Å². The molecule has 1 atom stereocenters. The summed E-state index contributed by atoms with van der Waals surface area (Å²) >= 11 is 1.74. The van der Waals surface area contributed by atoms with Crippen molar-refractivity contribution in [1.29, 1.82) is 0 Å². The predicted molar refractivity (Wildman–Crippen MR) is 80.7 cm³/mol. The highest BCUT2D eigenvalue weighted by Crippen LogP contribution is 2.28. The molecule has 0 amide bonds. The highest BCUT2D eigenvalue weighted by molar-refractivity contribution is 7.10. The molecule has 3 aromatic rings. The molecule has 0 N–H and O–H groups in total. The van der Waals surface area contributed by atoms with Gasteiger partial charge in [-0.1, -0.05) is 6.07 Å². The minimum absolute atomic E-state index is 0.123. The van der Waals surface area contributed by atoms with Crippen LogP contribution in [-0.2, 0) is 4.74 Å². The summed E-state index contributed by atoms with van der Waals surface area (Å²) in [5.74, 6) is 1.74. The Morgan fingerprint density at radius 1 is 1.29 bits per heavy atom. The van der Waals surface area contributed by atoms with Gasteiger partial charge < -0.3 is 9.64 Å². The third-order valence-corrected chi connectivity index (χ3v) is 4.62. The van der Waals surface area contributed by atoms with Crippen molar-refractivity contribution in [1.82, 2.24) is 19.8 Å². The van der Waals surface area contributed by atoms with Crippen LogP contribution in [0.2, 0.25) is 0 Å². The van der Waals surface area contributed by atoms with E-state index in [2.05, 4.69) is 37.7 Å². The first kappa shape index (κ1) is 12.7. The summed E-state index contributed by atoms with van der Waals surface area (Å²) in [4.78, 5) is 3.52. The van der Waals surface area contributed by atoms with Gasteiger partial charge in [-0.15, -0.1) is 26.6 Å². The number of hydrogen-bond donors (Lipinski definition) is 0. The van der Waals surface area contributed by atoms with Gasteiger partial charge in [0.2, 0.25) is 0 Å². The van der Waals surface area contributed by atoms with Crippen LogP contribution in [0.3, 0.4) is 0 Å². The van der Waals surface area contributed by atoms with Crippen molar-refractivity contribution in [2.45, 2.75) is 13.0 Å². The monoisotopic (exact) mass is 301 g/mol. The maximum Gasteiger partial charge on any atom is 0.178 e. The number of rotatable bonds is 2. The highest BCUT2D eigenvalue weighted by atomic mass is 32.1. The Morgan fingerprint density at radius 2 is 2.24 bits per heavy atom. The van der Waals surface area contributed by atoms with Crippen molar-refractivity contribution in [2.24, 2.45) is 0 Å². The van der Waals surface area contributed by atoms with E-state index in [1.807, 2.05) is 19.1 Å². The average molecular weight is 301 g/mol. The first-order valence-corrected chi connectivity index (χ1v) is 7.78. The van der Waals surface area contributed by atoms with Crippen LogP contribution in [0.15, 0.2) is 29.6 Å². The topological polar surface area (TPSA) is 55.5 Å². The predicted octanol–water partition coefficient (Wildman–Crippen LogP) is 2.07. The van der Waals surface area contributed by atoms with E-state index < -0.39 is 0 Å². The van der Waals surface area contributed by atoms with Crippen LogP contribution < -0.4 is 4.90 Å². The lowest BCUT2D eigenvalue weighted by Crippen LogP contribution is -2.38. The molecular formula is C14H15N5OS. The quantitative estimate of drug-likeness (QED) is 0.725. The molecule has 0 bridgehead atoms. The van der Waals surface area contributed by atoms with Crippen molar-refractivity contribution in [3.63, 3.8) is 0 Å². The van der Waals surface area contributed by atoms with Gasteiger partial charge in [0.15, 0.2) is 11.5 Å². The standard InChI is InChI=1S/C14H15N5OS/c1-10-15-16-13-4-5-14(17-19(10)13)18-6-7-20-11(9-18)12-3-2-8-21-12/h2-5,8,11H,6-7,9H2,1H3. The Bertz CT molecular complexity index is 754. The van der Waals surface area contributed by atoms with Crippen molar-refractivity contribution < 1.29 is 4.74 Å². The zero-order valence-electron chi connectivity index (χ0n) is 11.6. The highest BCUT2D eigenvalue weighted by Gasteiger charge is 2.24. The van der Waals surface area contributed by atoms with Crippen LogP contribution >= 0.6 is 11.3 Å². The summed E-state index contributed by atoms with van der Waals surface area (Å²) in [7, 11) is 0. The van der Waals surface area contributed by atoms with E-state index in [0.29, 0.717) is 6.61 Å². The molecular weight excluding hydrogens is 286 g/mol. The molecule has 1 aliphatic rings. The lowest BCUT2D eigenvalue weighted by Gasteiger charge is -2.33. The average Bonchev–Trinajstić information content (AvgIpc) is 3.18. The fraction of sp³-hybridized carbons (Fsp3) is 0.357. The summed E-state index contributed by atoms with van der Waals surface area (Å²) in [6, 6.07) is 8.14. The molecule has 1 saturated heterocycles. The molecule has 4 rings (SSSR count). The first-order chi connectivity index (χ1) is 10.3. The van der Waals surface area contributed by atoms with Gasteiger partial charge in [-0.3, -0.25) is 0 Å². The van der Waals surface area contributed by atoms with Gasteiger partial charge in [0.25, 0.3) is 0 Å². The van der Waals surface area contributed by atoms with Gasteiger partial charge >= 0.3 is 0 Å². The number of thiophene rings is 1. The SMILES string of the molecule is Cc1nnc2ccc(N3CCOC(c4cccs4)C3)nn12. The van der Waals surface area contributed by atoms with E-state index in [4.69, 9.17) is 4.74 Å². The van der Waals surface area contributed by atoms with Crippen LogP contribution in [0.1, 0.15) is 16.8 Å². The summed E-state index contributed by atoms with van der Waals surface area (Å²) in [5.41, 5.74) is 0.777. The smallest absolute Gasteiger partial charge is 0.178 e. The molecule has 4 heterocycles. The van der Waals surface area contributed by atoms with Gasteiger partial charge in [0.1, 0.15) is 11.9 Å². The van der Waals surface area contributed by atoms with Gasteiger partial charge in [0, 0.05) is 11.4 Å². The second kappa shape index (κ2) is 5.09. The third kappa shape index (κ3) is 2.28. The molecule has 3 aromatic heterocycles. The van der Waals surface area contributed by atoms with Crippen molar-refractivity contribution in [2.75, 3.05) is 24.6 Å². The second-order valence-corrected chi connectivity index (χ2v) is 6.01. The fourth-order valence-corrected chi connectivity index (χ4v) is 3.32. The number of aryl methyl sites for hydroxylation is 1.